The minimum atomic E-state index is -8.09. The summed E-state index contributed by atoms with van der Waals surface area (Å²) >= 11 is 0. The third-order valence-electron chi connectivity index (χ3n) is 11.6. The molecular weight excluding hydrogens is 751 g/mol. The van der Waals surface area contributed by atoms with Gasteiger partial charge in [-0.15, -0.1) is 0 Å². The van der Waals surface area contributed by atoms with Crippen molar-refractivity contribution in [2.45, 2.75) is 106 Å². The number of aryl methyl sites for hydroxylation is 1. The third-order valence-corrected chi connectivity index (χ3v) is 11.6. The van der Waals surface area contributed by atoms with Gasteiger partial charge in [-0.25, -0.2) is 0 Å². The largest absolute Gasteiger partial charge is 0.489 e. The highest BCUT2D eigenvalue weighted by Crippen LogP contribution is 2.71. The Labute approximate surface area is 301 Å². The highest BCUT2D eigenvalue weighted by Gasteiger charge is 2.93. The Hall–Kier alpha value is -3.53. The van der Waals surface area contributed by atoms with E-state index in [2.05, 4.69) is 0 Å². The standard InChI is InChI=1S/C38H35F13O3/c1-31-21-32(52,33(39,40)34(41,42)35(43,44)36(45,46)37(47,48)38(49,50)51)30-26-15-13-25(53-19-22-8-4-2-5-9-22)18-24(26)12-14-27(30)28(31)16-17-29(31)54-20-23-10-6-3-7-11-23/h2-11,13,15,18,27-30,52H,12,14,16-17,19-21H2,1H3/t27-,28-,29-,30+,31-,32-/m0/s1. The van der Waals surface area contributed by atoms with Crippen LogP contribution in [0.25, 0.3) is 0 Å². The van der Waals surface area contributed by atoms with Crippen molar-refractivity contribution in [2.24, 2.45) is 17.3 Å². The molecule has 16 heteroatoms. The predicted molar refractivity (Wildman–Crippen MR) is 168 cm³/mol. The number of rotatable bonds is 11. The molecule has 0 heterocycles. The van der Waals surface area contributed by atoms with Crippen molar-refractivity contribution in [2.75, 3.05) is 0 Å². The summed E-state index contributed by atoms with van der Waals surface area (Å²) in [6.45, 7) is 1.21. The van der Waals surface area contributed by atoms with Crippen LogP contribution in [-0.2, 0) is 24.4 Å². The molecule has 0 aliphatic heterocycles. The molecule has 6 atom stereocenters. The lowest BCUT2D eigenvalue weighted by atomic mass is 9.48. The normalized spacial score (nSPS) is 27.9. The van der Waals surface area contributed by atoms with Crippen molar-refractivity contribution in [3.05, 3.63) is 101 Å². The Morgan fingerprint density at radius 2 is 1.22 bits per heavy atom. The van der Waals surface area contributed by atoms with Crippen molar-refractivity contribution in [3.63, 3.8) is 0 Å². The molecule has 3 aliphatic carbocycles. The van der Waals surface area contributed by atoms with Crippen molar-refractivity contribution in [1.29, 1.82) is 0 Å². The lowest BCUT2D eigenvalue weighted by Gasteiger charge is -2.60. The second-order valence-electron chi connectivity index (χ2n) is 14.8. The molecule has 3 aromatic carbocycles. The molecule has 6 rings (SSSR count). The zero-order chi connectivity index (χ0) is 39.8. The summed E-state index contributed by atoms with van der Waals surface area (Å²) in [7, 11) is 0. The van der Waals surface area contributed by atoms with E-state index < -0.39 is 77.1 Å². The van der Waals surface area contributed by atoms with Gasteiger partial charge in [0.25, 0.3) is 0 Å². The molecule has 2 fully saturated rings. The fraction of sp³-hybridized carbons (Fsp3) is 0.526. The molecule has 0 unspecified atom stereocenters. The van der Waals surface area contributed by atoms with Gasteiger partial charge in [-0.3, -0.25) is 0 Å². The lowest BCUT2D eigenvalue weighted by molar-refractivity contribution is -0.453. The van der Waals surface area contributed by atoms with E-state index in [4.69, 9.17) is 9.47 Å². The first kappa shape index (κ1) is 40.1. The summed E-state index contributed by atoms with van der Waals surface area (Å²) in [5, 5.41) is 12.1. The van der Waals surface area contributed by atoms with Crippen LogP contribution in [0.4, 0.5) is 57.1 Å². The van der Waals surface area contributed by atoms with Crippen LogP contribution < -0.4 is 4.74 Å². The number of hydrogen-bond acceptors (Lipinski definition) is 3. The highest BCUT2D eigenvalue weighted by atomic mass is 19.4. The fourth-order valence-corrected chi connectivity index (χ4v) is 8.96. The smallest absolute Gasteiger partial charge is 0.460 e. The minimum Gasteiger partial charge on any atom is -0.489 e. The van der Waals surface area contributed by atoms with E-state index in [-0.39, 0.29) is 55.8 Å². The van der Waals surface area contributed by atoms with Crippen LogP contribution in [0.1, 0.15) is 60.8 Å². The molecule has 0 aromatic heterocycles. The van der Waals surface area contributed by atoms with Gasteiger partial charge in [0.1, 0.15) is 18.0 Å². The second kappa shape index (κ2) is 13.3. The predicted octanol–water partition coefficient (Wildman–Crippen LogP) is 10.8. The average molecular weight is 787 g/mol. The van der Waals surface area contributed by atoms with Gasteiger partial charge in [0.2, 0.25) is 0 Å². The van der Waals surface area contributed by atoms with Crippen LogP contribution in [0.3, 0.4) is 0 Å². The average Bonchev–Trinajstić information content (AvgIpc) is 3.44. The van der Waals surface area contributed by atoms with Gasteiger partial charge in [-0.05, 0) is 83.7 Å². The van der Waals surface area contributed by atoms with Crippen LogP contribution in [-0.4, -0.2) is 52.6 Å². The Morgan fingerprint density at radius 1 is 0.667 bits per heavy atom. The summed E-state index contributed by atoms with van der Waals surface area (Å²) in [5.74, 6) is -42.3. The molecule has 0 amide bonds. The Morgan fingerprint density at radius 3 is 1.80 bits per heavy atom. The topological polar surface area (TPSA) is 38.7 Å². The first-order valence-electron chi connectivity index (χ1n) is 17.1. The molecule has 3 aromatic rings. The quantitative estimate of drug-likeness (QED) is 0.197. The SMILES string of the molecule is C[C@]12C[C@@](O)(C(F)(F)C(F)(F)C(F)(F)C(F)(F)C(F)(F)C(F)(F)F)[C@@H]3c4ccc(OCc5ccccc5)cc4CC[C@H]3[C@@H]1CC[C@@H]2OCc1ccccc1. The van der Waals surface area contributed by atoms with Gasteiger partial charge in [0.05, 0.1) is 12.7 Å². The molecule has 0 bridgehead atoms. The molecule has 3 nitrogen and oxygen atoms in total. The Balaban J connectivity index is 1.44. The number of ether oxygens (including phenoxy) is 2. The molecule has 0 saturated heterocycles. The summed E-state index contributed by atoms with van der Waals surface area (Å²) in [4.78, 5) is 0. The van der Waals surface area contributed by atoms with Crippen molar-refractivity contribution < 1.29 is 71.7 Å². The van der Waals surface area contributed by atoms with Crippen LogP contribution in [0.2, 0.25) is 0 Å². The third kappa shape index (κ3) is 5.95. The number of alkyl halides is 13. The Bertz CT molecular complexity index is 1800. The van der Waals surface area contributed by atoms with E-state index >= 15 is 26.3 Å². The molecule has 54 heavy (non-hydrogen) atoms. The first-order chi connectivity index (χ1) is 24.9. The number of halogens is 13. The maximum absolute atomic E-state index is 16.6. The Kier molecular flexibility index (Phi) is 9.89. The van der Waals surface area contributed by atoms with Gasteiger partial charge >= 0.3 is 35.8 Å². The maximum Gasteiger partial charge on any atom is 0.460 e. The molecular formula is C38H35F13O3. The van der Waals surface area contributed by atoms with E-state index in [1.54, 1.807) is 60.7 Å². The van der Waals surface area contributed by atoms with Gasteiger partial charge in [0.15, 0.2) is 0 Å². The molecule has 3 aliphatic rings. The van der Waals surface area contributed by atoms with Crippen molar-refractivity contribution >= 4 is 0 Å². The van der Waals surface area contributed by atoms with E-state index in [0.29, 0.717) is 5.56 Å². The minimum absolute atomic E-state index is 0.0383. The number of benzene rings is 3. The van der Waals surface area contributed by atoms with Crippen LogP contribution in [0.15, 0.2) is 78.9 Å². The van der Waals surface area contributed by atoms with Gasteiger partial charge in [0, 0.05) is 5.92 Å². The lowest BCUT2D eigenvalue weighted by Crippen LogP contribution is -2.76. The van der Waals surface area contributed by atoms with Crippen molar-refractivity contribution in [3.8, 4) is 5.75 Å². The fourth-order valence-electron chi connectivity index (χ4n) is 8.96. The van der Waals surface area contributed by atoms with Gasteiger partial charge in [-0.1, -0.05) is 73.7 Å². The monoisotopic (exact) mass is 786 g/mol. The summed E-state index contributed by atoms with van der Waals surface area (Å²) < 4.78 is 202. The zero-order valence-corrected chi connectivity index (χ0v) is 28.4. The molecule has 296 valence electrons. The molecule has 1 N–H and O–H groups in total. The van der Waals surface area contributed by atoms with Crippen LogP contribution in [0, 0.1) is 17.3 Å². The van der Waals surface area contributed by atoms with E-state index in [1.165, 1.54) is 19.1 Å². The highest BCUT2D eigenvalue weighted by molar-refractivity contribution is 5.44. The van der Waals surface area contributed by atoms with Crippen molar-refractivity contribution in [1.82, 2.24) is 0 Å². The van der Waals surface area contributed by atoms with E-state index in [1.807, 2.05) is 0 Å². The van der Waals surface area contributed by atoms with Gasteiger partial charge in [-0.2, -0.15) is 57.1 Å². The van der Waals surface area contributed by atoms with E-state index in [9.17, 15) is 35.8 Å². The summed E-state index contributed by atoms with van der Waals surface area (Å²) in [5.41, 5.74) is -4.86. The summed E-state index contributed by atoms with van der Waals surface area (Å²) in [6.07, 6.45) is -9.77. The molecule has 2 saturated carbocycles. The zero-order valence-electron chi connectivity index (χ0n) is 28.4. The number of fused-ring (bicyclic) bond motifs is 5. The second-order valence-corrected chi connectivity index (χ2v) is 14.8. The van der Waals surface area contributed by atoms with Gasteiger partial charge < -0.3 is 14.6 Å². The van der Waals surface area contributed by atoms with Crippen LogP contribution >= 0.6 is 0 Å². The summed E-state index contributed by atoms with van der Waals surface area (Å²) in [6, 6.07) is 20.8. The number of aliphatic hydroxyl groups is 1. The number of hydrogen-bond donors (Lipinski definition) is 1. The maximum atomic E-state index is 16.6. The van der Waals surface area contributed by atoms with Crippen LogP contribution in [0.5, 0.6) is 5.75 Å². The molecule has 0 radical (unpaired) electrons. The molecule has 0 spiro atoms. The first-order valence-corrected chi connectivity index (χ1v) is 17.1. The van der Waals surface area contributed by atoms with E-state index in [0.717, 1.165) is 11.6 Å².